The Morgan fingerprint density at radius 2 is 1.74 bits per heavy atom. The van der Waals surface area contributed by atoms with Crippen molar-refractivity contribution >= 4 is 16.8 Å². The number of amides is 1. The monoisotopic (exact) mass is 461 g/mol. The van der Waals surface area contributed by atoms with Gasteiger partial charge in [-0.15, -0.1) is 0 Å². The van der Waals surface area contributed by atoms with Crippen molar-refractivity contribution in [3.63, 3.8) is 0 Å². The van der Waals surface area contributed by atoms with Gasteiger partial charge in [-0.3, -0.25) is 14.2 Å². The largest absolute Gasteiger partial charge is 0.333 e. The quantitative estimate of drug-likeness (QED) is 0.410. The van der Waals surface area contributed by atoms with Crippen molar-refractivity contribution in [1.82, 2.24) is 14.5 Å². The summed E-state index contributed by atoms with van der Waals surface area (Å²) in [5.74, 6) is 1.15. The minimum Gasteiger partial charge on any atom is -0.333 e. The van der Waals surface area contributed by atoms with Crippen molar-refractivity contribution in [1.29, 1.82) is 0 Å². The van der Waals surface area contributed by atoms with Crippen LogP contribution in [0.4, 0.5) is 0 Å². The van der Waals surface area contributed by atoms with Gasteiger partial charge in [0.05, 0.1) is 22.6 Å². The molecule has 1 atom stereocenters. The van der Waals surface area contributed by atoms with E-state index in [-0.39, 0.29) is 22.9 Å². The molecule has 3 rings (SSSR count). The predicted octanol–water partition coefficient (Wildman–Crippen LogP) is 6.37. The summed E-state index contributed by atoms with van der Waals surface area (Å²) in [6.07, 6.45) is 1.33. The summed E-state index contributed by atoms with van der Waals surface area (Å²) in [6, 6.07) is 13.2. The Kier molecular flexibility index (Phi) is 7.64. The molecule has 0 radical (unpaired) electrons. The van der Waals surface area contributed by atoms with Crippen LogP contribution in [0.15, 0.2) is 47.3 Å². The van der Waals surface area contributed by atoms with E-state index in [1.165, 1.54) is 0 Å². The second kappa shape index (κ2) is 10.1. The molecule has 0 bridgehead atoms. The van der Waals surface area contributed by atoms with Crippen LogP contribution in [0.25, 0.3) is 16.6 Å². The molecule has 0 aliphatic rings. The van der Waals surface area contributed by atoms with Gasteiger partial charge in [0.15, 0.2) is 0 Å². The normalized spacial score (nSPS) is 12.9. The van der Waals surface area contributed by atoms with Crippen LogP contribution in [-0.4, -0.2) is 26.9 Å². The average molecular weight is 462 g/mol. The number of aryl methyl sites for hydroxylation is 2. The standard InChI is InChI=1S/C29H39N3O2/c1-19(2)15-16-31(26(33)18-29(6,7)8)22(5)27-30-24-12-10-9-11-23(24)28(34)32(27)25-14-13-20(3)17-21(25)4/h9-14,17,19,22H,15-16,18H2,1-8H3. The molecule has 1 amide bonds. The summed E-state index contributed by atoms with van der Waals surface area (Å²) >= 11 is 0. The number of hydrogen-bond donors (Lipinski definition) is 0. The van der Waals surface area contributed by atoms with Crippen molar-refractivity contribution < 1.29 is 4.79 Å². The summed E-state index contributed by atoms with van der Waals surface area (Å²) in [7, 11) is 0. The molecule has 0 spiro atoms. The number of aromatic nitrogens is 2. The molecule has 1 unspecified atom stereocenters. The Morgan fingerprint density at radius 3 is 2.35 bits per heavy atom. The molecular formula is C29H39N3O2. The topological polar surface area (TPSA) is 55.2 Å². The Bertz CT molecular complexity index is 1230. The smallest absolute Gasteiger partial charge is 0.266 e. The molecule has 34 heavy (non-hydrogen) atoms. The summed E-state index contributed by atoms with van der Waals surface area (Å²) in [6.45, 7) is 17.2. The minimum absolute atomic E-state index is 0.0928. The number of carbonyl (C=O) groups excluding carboxylic acids is 1. The predicted molar refractivity (Wildman–Crippen MR) is 140 cm³/mol. The Balaban J connectivity index is 2.23. The van der Waals surface area contributed by atoms with E-state index in [9.17, 15) is 9.59 Å². The molecule has 1 aromatic heterocycles. The average Bonchev–Trinajstić information content (AvgIpc) is 2.73. The van der Waals surface area contributed by atoms with Crippen LogP contribution in [-0.2, 0) is 4.79 Å². The second-order valence-electron chi connectivity index (χ2n) is 11.1. The summed E-state index contributed by atoms with van der Waals surface area (Å²) in [5, 5.41) is 0.577. The molecule has 2 aromatic carbocycles. The number of carbonyl (C=O) groups is 1. The highest BCUT2D eigenvalue weighted by molar-refractivity contribution is 5.79. The fourth-order valence-electron chi connectivity index (χ4n) is 4.35. The van der Waals surface area contributed by atoms with Gasteiger partial charge in [-0.05, 0) is 62.3 Å². The van der Waals surface area contributed by atoms with Crippen LogP contribution in [0, 0.1) is 25.2 Å². The molecule has 0 aliphatic heterocycles. The van der Waals surface area contributed by atoms with Crippen molar-refractivity contribution in [2.75, 3.05) is 6.54 Å². The lowest BCUT2D eigenvalue weighted by molar-refractivity contribution is -0.135. The Morgan fingerprint density at radius 1 is 1.06 bits per heavy atom. The highest BCUT2D eigenvalue weighted by Crippen LogP contribution is 2.28. The van der Waals surface area contributed by atoms with E-state index in [4.69, 9.17) is 4.98 Å². The molecular weight excluding hydrogens is 422 g/mol. The zero-order chi connectivity index (χ0) is 25.2. The summed E-state index contributed by atoms with van der Waals surface area (Å²) in [4.78, 5) is 34.2. The van der Waals surface area contributed by atoms with Crippen LogP contribution in [0.2, 0.25) is 0 Å². The Hall–Kier alpha value is -2.95. The maximum absolute atomic E-state index is 13.8. The first-order valence-corrected chi connectivity index (χ1v) is 12.3. The lowest BCUT2D eigenvalue weighted by Crippen LogP contribution is -2.39. The van der Waals surface area contributed by atoms with Gasteiger partial charge in [0.25, 0.3) is 5.56 Å². The van der Waals surface area contributed by atoms with Crippen molar-refractivity contribution in [2.45, 2.75) is 74.3 Å². The van der Waals surface area contributed by atoms with Gasteiger partial charge in [0.2, 0.25) is 5.91 Å². The van der Waals surface area contributed by atoms with E-state index >= 15 is 0 Å². The van der Waals surface area contributed by atoms with Crippen LogP contribution >= 0.6 is 0 Å². The zero-order valence-corrected chi connectivity index (χ0v) is 22.0. The van der Waals surface area contributed by atoms with E-state index in [1.807, 2.05) is 62.1 Å². The number of nitrogens with zero attached hydrogens (tertiary/aromatic N) is 3. The minimum atomic E-state index is -0.355. The molecule has 182 valence electrons. The Labute approximate surface area is 203 Å². The van der Waals surface area contributed by atoms with Gasteiger partial charge in [-0.2, -0.15) is 0 Å². The first-order valence-electron chi connectivity index (χ1n) is 12.3. The molecule has 5 nitrogen and oxygen atoms in total. The van der Waals surface area contributed by atoms with Crippen LogP contribution in [0.5, 0.6) is 0 Å². The van der Waals surface area contributed by atoms with Gasteiger partial charge in [0.1, 0.15) is 5.82 Å². The van der Waals surface area contributed by atoms with E-state index in [0.29, 0.717) is 35.6 Å². The number of hydrogen-bond acceptors (Lipinski definition) is 3. The number of rotatable bonds is 7. The van der Waals surface area contributed by atoms with E-state index in [0.717, 1.165) is 23.2 Å². The van der Waals surface area contributed by atoms with E-state index in [1.54, 1.807) is 4.57 Å². The van der Waals surface area contributed by atoms with Crippen molar-refractivity contribution in [3.05, 3.63) is 69.8 Å². The number of fused-ring (bicyclic) bond motifs is 1. The van der Waals surface area contributed by atoms with Crippen LogP contribution < -0.4 is 5.56 Å². The van der Waals surface area contributed by atoms with E-state index < -0.39 is 0 Å². The lowest BCUT2D eigenvalue weighted by Gasteiger charge is -2.33. The summed E-state index contributed by atoms with van der Waals surface area (Å²) in [5.41, 5.74) is 3.37. The highest BCUT2D eigenvalue weighted by Gasteiger charge is 2.29. The highest BCUT2D eigenvalue weighted by atomic mass is 16.2. The molecule has 3 aromatic rings. The zero-order valence-electron chi connectivity index (χ0n) is 22.0. The van der Waals surface area contributed by atoms with Gasteiger partial charge < -0.3 is 4.90 Å². The van der Waals surface area contributed by atoms with Crippen molar-refractivity contribution in [3.8, 4) is 5.69 Å². The second-order valence-corrected chi connectivity index (χ2v) is 11.1. The van der Waals surface area contributed by atoms with Crippen LogP contribution in [0.3, 0.4) is 0 Å². The third-order valence-corrected chi connectivity index (χ3v) is 6.19. The number of benzene rings is 2. The molecule has 0 saturated carbocycles. The van der Waals surface area contributed by atoms with Crippen molar-refractivity contribution in [2.24, 2.45) is 11.3 Å². The fraction of sp³-hybridized carbons (Fsp3) is 0.483. The van der Waals surface area contributed by atoms with Gasteiger partial charge >= 0.3 is 0 Å². The SMILES string of the molecule is Cc1ccc(-n2c(C(C)N(CCC(C)C)C(=O)CC(C)(C)C)nc3ccccc3c2=O)c(C)c1. The molecule has 0 N–H and O–H groups in total. The van der Waals surface area contributed by atoms with Crippen LogP contribution in [0.1, 0.15) is 77.4 Å². The molecule has 0 fully saturated rings. The molecule has 5 heteroatoms. The third kappa shape index (κ3) is 5.75. The van der Waals surface area contributed by atoms with Gasteiger partial charge in [-0.25, -0.2) is 4.98 Å². The number of para-hydroxylation sites is 1. The first-order chi connectivity index (χ1) is 15.9. The summed E-state index contributed by atoms with van der Waals surface area (Å²) < 4.78 is 1.72. The maximum Gasteiger partial charge on any atom is 0.266 e. The molecule has 0 aliphatic carbocycles. The van der Waals surface area contributed by atoms with E-state index in [2.05, 4.69) is 40.7 Å². The van der Waals surface area contributed by atoms with Gasteiger partial charge in [0, 0.05) is 13.0 Å². The molecule has 0 saturated heterocycles. The lowest BCUT2D eigenvalue weighted by atomic mass is 9.91. The third-order valence-electron chi connectivity index (χ3n) is 6.19. The molecule has 1 heterocycles. The first kappa shape index (κ1) is 25.7. The maximum atomic E-state index is 13.8. The fourth-order valence-corrected chi connectivity index (χ4v) is 4.35. The van der Waals surface area contributed by atoms with Gasteiger partial charge in [-0.1, -0.05) is 64.4 Å².